The molecule has 0 bridgehead atoms. The molecule has 0 aliphatic heterocycles. The lowest BCUT2D eigenvalue weighted by Crippen LogP contribution is -2.26. The number of hydrogen-bond donors (Lipinski definition) is 3. The molecule has 4 N–H and O–H groups in total. The number of benzene rings is 2. The maximum atomic E-state index is 12.8. The maximum Gasteiger partial charge on any atom is 0.274 e. The third-order valence-corrected chi connectivity index (χ3v) is 4.26. The van der Waals surface area contributed by atoms with Gasteiger partial charge in [-0.1, -0.05) is 24.3 Å². The van der Waals surface area contributed by atoms with Crippen molar-refractivity contribution < 1.29 is 14.3 Å². The first-order valence-electron chi connectivity index (χ1n) is 8.95. The van der Waals surface area contributed by atoms with Gasteiger partial charge in [-0.25, -0.2) is 0 Å². The molecule has 7 heteroatoms. The van der Waals surface area contributed by atoms with E-state index in [-0.39, 0.29) is 11.8 Å². The predicted molar refractivity (Wildman–Crippen MR) is 109 cm³/mol. The van der Waals surface area contributed by atoms with Crippen LogP contribution in [0.25, 0.3) is 10.8 Å². The number of pyridine rings is 1. The first kappa shape index (κ1) is 19.3. The topological polar surface area (TPSA) is 106 Å². The van der Waals surface area contributed by atoms with E-state index in [1.807, 2.05) is 30.3 Å². The van der Waals surface area contributed by atoms with Crippen molar-refractivity contribution in [1.82, 2.24) is 10.3 Å². The minimum Gasteiger partial charge on any atom is -0.496 e. The summed E-state index contributed by atoms with van der Waals surface area (Å²) < 4.78 is 5.26. The van der Waals surface area contributed by atoms with E-state index in [1.165, 1.54) is 7.11 Å². The van der Waals surface area contributed by atoms with Crippen LogP contribution in [0, 0.1) is 0 Å². The summed E-state index contributed by atoms with van der Waals surface area (Å²) in [6, 6.07) is 14.3. The summed E-state index contributed by atoms with van der Waals surface area (Å²) in [5, 5.41) is 7.28. The lowest BCUT2D eigenvalue weighted by molar-refractivity contribution is 0.0949. The Morgan fingerprint density at radius 3 is 2.71 bits per heavy atom. The van der Waals surface area contributed by atoms with E-state index in [4.69, 9.17) is 10.5 Å². The van der Waals surface area contributed by atoms with Crippen LogP contribution >= 0.6 is 0 Å². The Hall–Kier alpha value is -3.45. The number of anilines is 1. The number of nitrogens with zero attached hydrogens (tertiary/aromatic N) is 1. The summed E-state index contributed by atoms with van der Waals surface area (Å²) in [4.78, 5) is 29.4. The summed E-state index contributed by atoms with van der Waals surface area (Å²) in [6.45, 7) is 0.959. The molecule has 0 aliphatic carbocycles. The number of nitrogens with two attached hydrogens (primary N) is 1. The summed E-state index contributed by atoms with van der Waals surface area (Å²) in [5.41, 5.74) is 6.59. The molecule has 7 nitrogen and oxygen atoms in total. The van der Waals surface area contributed by atoms with Crippen LogP contribution in [0.2, 0.25) is 0 Å². The second-order valence-corrected chi connectivity index (χ2v) is 6.15. The number of carbonyl (C=O) groups excluding carboxylic acids is 2. The van der Waals surface area contributed by atoms with Crippen LogP contribution in [0.3, 0.4) is 0 Å². The molecule has 2 aromatic carbocycles. The molecule has 0 aliphatic rings. The monoisotopic (exact) mass is 378 g/mol. The van der Waals surface area contributed by atoms with Crippen molar-refractivity contribution in [2.24, 2.45) is 5.73 Å². The van der Waals surface area contributed by atoms with Gasteiger partial charge < -0.3 is 21.1 Å². The van der Waals surface area contributed by atoms with Crippen LogP contribution in [0.5, 0.6) is 5.75 Å². The fourth-order valence-electron chi connectivity index (χ4n) is 2.85. The molecule has 0 saturated heterocycles. The Labute approximate surface area is 162 Å². The zero-order valence-electron chi connectivity index (χ0n) is 15.6. The minimum atomic E-state index is -0.351. The molecule has 28 heavy (non-hydrogen) atoms. The van der Waals surface area contributed by atoms with Crippen molar-refractivity contribution in [1.29, 1.82) is 0 Å². The SMILES string of the molecule is COc1ccc(NC(=O)c2nccc3ccccc23)cc1C(=O)NCCCN. The Morgan fingerprint density at radius 1 is 1.11 bits per heavy atom. The molecule has 0 unspecified atom stereocenters. The summed E-state index contributed by atoms with van der Waals surface area (Å²) in [6.07, 6.45) is 2.28. The molecular formula is C21H22N4O3. The maximum absolute atomic E-state index is 12.8. The lowest BCUT2D eigenvalue weighted by atomic mass is 10.1. The second-order valence-electron chi connectivity index (χ2n) is 6.15. The van der Waals surface area contributed by atoms with Crippen LogP contribution in [-0.2, 0) is 0 Å². The third-order valence-electron chi connectivity index (χ3n) is 4.26. The predicted octanol–water partition coefficient (Wildman–Crippen LogP) is 2.57. The average molecular weight is 378 g/mol. The molecule has 0 atom stereocenters. The van der Waals surface area contributed by atoms with Gasteiger partial charge in [-0.3, -0.25) is 14.6 Å². The van der Waals surface area contributed by atoms with Gasteiger partial charge in [-0.05, 0) is 42.6 Å². The average Bonchev–Trinajstić information content (AvgIpc) is 2.73. The van der Waals surface area contributed by atoms with Gasteiger partial charge in [0.25, 0.3) is 11.8 Å². The molecule has 1 aromatic heterocycles. The number of aromatic nitrogens is 1. The molecule has 3 aromatic rings. The fourth-order valence-corrected chi connectivity index (χ4v) is 2.85. The van der Waals surface area contributed by atoms with Crippen LogP contribution in [0.4, 0.5) is 5.69 Å². The summed E-state index contributed by atoms with van der Waals surface area (Å²) >= 11 is 0. The van der Waals surface area contributed by atoms with Crippen molar-refractivity contribution >= 4 is 28.3 Å². The Bertz CT molecular complexity index is 999. The fraction of sp³-hybridized carbons (Fsp3) is 0.190. The number of ether oxygens (including phenoxy) is 1. The third kappa shape index (κ3) is 4.27. The number of methoxy groups -OCH3 is 1. The molecular weight excluding hydrogens is 356 g/mol. The van der Waals surface area contributed by atoms with E-state index in [9.17, 15) is 9.59 Å². The number of nitrogens with one attached hydrogen (secondary N) is 2. The highest BCUT2D eigenvalue weighted by Crippen LogP contribution is 2.24. The summed E-state index contributed by atoms with van der Waals surface area (Å²) in [5.74, 6) is -0.215. The minimum absolute atomic E-state index is 0.287. The Morgan fingerprint density at radius 2 is 1.93 bits per heavy atom. The number of rotatable bonds is 7. The number of amides is 2. The van der Waals surface area contributed by atoms with Gasteiger partial charge in [-0.2, -0.15) is 0 Å². The highest BCUT2D eigenvalue weighted by molar-refractivity contribution is 6.11. The zero-order chi connectivity index (χ0) is 19.9. The van der Waals surface area contributed by atoms with E-state index in [0.29, 0.717) is 42.2 Å². The van der Waals surface area contributed by atoms with Gasteiger partial charge in [0, 0.05) is 23.8 Å². The molecule has 0 fully saturated rings. The highest BCUT2D eigenvalue weighted by Gasteiger charge is 2.16. The van der Waals surface area contributed by atoms with Gasteiger partial charge in [-0.15, -0.1) is 0 Å². The van der Waals surface area contributed by atoms with E-state index in [1.54, 1.807) is 24.4 Å². The van der Waals surface area contributed by atoms with Crippen LogP contribution in [-0.4, -0.2) is 37.0 Å². The molecule has 2 amide bonds. The molecule has 0 spiro atoms. The molecule has 0 saturated carbocycles. The van der Waals surface area contributed by atoms with Crippen molar-refractivity contribution in [3.05, 3.63) is 66.0 Å². The molecule has 144 valence electrons. The first-order chi connectivity index (χ1) is 13.6. The largest absolute Gasteiger partial charge is 0.496 e. The van der Waals surface area contributed by atoms with Crippen LogP contribution in [0.1, 0.15) is 27.3 Å². The smallest absolute Gasteiger partial charge is 0.274 e. The second kappa shape index (κ2) is 8.96. The summed E-state index contributed by atoms with van der Waals surface area (Å²) in [7, 11) is 1.49. The molecule has 3 rings (SSSR count). The zero-order valence-corrected chi connectivity index (χ0v) is 15.6. The first-order valence-corrected chi connectivity index (χ1v) is 8.95. The van der Waals surface area contributed by atoms with Crippen LogP contribution in [0.15, 0.2) is 54.7 Å². The van der Waals surface area contributed by atoms with Gasteiger partial charge in [0.1, 0.15) is 11.4 Å². The van der Waals surface area contributed by atoms with Gasteiger partial charge in [0.05, 0.1) is 12.7 Å². The van der Waals surface area contributed by atoms with E-state index in [2.05, 4.69) is 15.6 Å². The standard InChI is InChI=1S/C21H22N4O3/c1-28-18-8-7-15(13-17(18)20(26)24-11-4-10-22)25-21(27)19-16-6-3-2-5-14(16)9-12-23-19/h2-3,5-9,12-13H,4,10-11,22H2,1H3,(H,24,26)(H,25,27). The Balaban J connectivity index is 1.84. The van der Waals surface area contributed by atoms with E-state index in [0.717, 1.165) is 10.8 Å². The van der Waals surface area contributed by atoms with Crippen molar-refractivity contribution in [3.8, 4) is 5.75 Å². The van der Waals surface area contributed by atoms with E-state index < -0.39 is 0 Å². The van der Waals surface area contributed by atoms with Gasteiger partial charge in [0.15, 0.2) is 0 Å². The van der Waals surface area contributed by atoms with Gasteiger partial charge in [0.2, 0.25) is 0 Å². The number of fused-ring (bicyclic) bond motifs is 1. The Kier molecular flexibility index (Phi) is 6.18. The van der Waals surface area contributed by atoms with Crippen LogP contribution < -0.4 is 21.1 Å². The number of carbonyl (C=O) groups is 2. The normalized spacial score (nSPS) is 10.5. The molecule has 1 heterocycles. The van der Waals surface area contributed by atoms with Crippen molar-refractivity contribution in [3.63, 3.8) is 0 Å². The van der Waals surface area contributed by atoms with Gasteiger partial charge >= 0.3 is 0 Å². The van der Waals surface area contributed by atoms with Crippen molar-refractivity contribution in [2.45, 2.75) is 6.42 Å². The molecule has 0 radical (unpaired) electrons. The highest BCUT2D eigenvalue weighted by atomic mass is 16.5. The van der Waals surface area contributed by atoms with Crippen molar-refractivity contribution in [2.75, 3.05) is 25.5 Å². The lowest BCUT2D eigenvalue weighted by Gasteiger charge is -2.12. The number of hydrogen-bond acceptors (Lipinski definition) is 5. The quantitative estimate of drug-likeness (QED) is 0.548. The van der Waals surface area contributed by atoms with E-state index >= 15 is 0 Å².